The van der Waals surface area contributed by atoms with Crippen LogP contribution in [0.4, 0.5) is 0 Å². The van der Waals surface area contributed by atoms with Gasteiger partial charge in [0.05, 0.1) is 22.7 Å². The number of aromatic nitrogens is 4. The number of hydrogen-bond acceptors (Lipinski definition) is 5. The van der Waals surface area contributed by atoms with Crippen LogP contribution in [-0.4, -0.2) is 51.0 Å². The third kappa shape index (κ3) is 2.51. The standard InChI is InChI=1S/C18H21N5O2S/c1-11-21-15-9-20-18-14(6-7-19-18)16(15)17(22-11)12-3-2-8-23(10-12)26(24,25)13-4-5-13/h6-7,9,12-13H,2-5,8,10H2,1H3,(H,19,20). The van der Waals surface area contributed by atoms with Gasteiger partial charge in [-0.15, -0.1) is 0 Å². The summed E-state index contributed by atoms with van der Waals surface area (Å²) in [6.07, 6.45) is 7.04. The van der Waals surface area contributed by atoms with Gasteiger partial charge in [0.25, 0.3) is 0 Å². The Morgan fingerprint density at radius 2 is 2.08 bits per heavy atom. The maximum absolute atomic E-state index is 12.7. The van der Waals surface area contributed by atoms with E-state index in [1.807, 2.05) is 19.2 Å². The predicted octanol–water partition coefficient (Wildman–Crippen LogP) is 2.49. The Kier molecular flexibility index (Phi) is 3.55. The average molecular weight is 371 g/mol. The van der Waals surface area contributed by atoms with Crippen molar-refractivity contribution in [2.75, 3.05) is 13.1 Å². The smallest absolute Gasteiger partial charge is 0.217 e. The molecule has 8 heteroatoms. The van der Waals surface area contributed by atoms with E-state index < -0.39 is 10.0 Å². The second kappa shape index (κ2) is 5.72. The molecule has 4 heterocycles. The van der Waals surface area contributed by atoms with Gasteiger partial charge in [0.2, 0.25) is 10.0 Å². The molecule has 26 heavy (non-hydrogen) atoms. The van der Waals surface area contributed by atoms with Crippen LogP contribution in [-0.2, 0) is 10.0 Å². The molecule has 7 nitrogen and oxygen atoms in total. The maximum Gasteiger partial charge on any atom is 0.217 e. The van der Waals surface area contributed by atoms with Crippen molar-refractivity contribution in [2.45, 2.75) is 43.8 Å². The minimum absolute atomic E-state index is 0.0852. The highest BCUT2D eigenvalue weighted by molar-refractivity contribution is 7.90. The lowest BCUT2D eigenvalue weighted by molar-refractivity contribution is 0.313. The first-order valence-electron chi connectivity index (χ1n) is 9.13. The zero-order valence-electron chi connectivity index (χ0n) is 14.6. The topological polar surface area (TPSA) is 91.8 Å². The summed E-state index contributed by atoms with van der Waals surface area (Å²) in [5, 5.41) is 1.84. The molecule has 0 amide bonds. The number of aryl methyl sites for hydroxylation is 1. The van der Waals surface area contributed by atoms with Crippen LogP contribution in [0.1, 0.15) is 43.1 Å². The van der Waals surface area contributed by atoms with Crippen LogP contribution in [0.15, 0.2) is 18.5 Å². The van der Waals surface area contributed by atoms with Crippen LogP contribution in [0.3, 0.4) is 0 Å². The van der Waals surface area contributed by atoms with Crippen molar-refractivity contribution >= 4 is 32.0 Å². The third-order valence-electron chi connectivity index (χ3n) is 5.46. The molecule has 3 aromatic heterocycles. The Morgan fingerprint density at radius 1 is 1.23 bits per heavy atom. The largest absolute Gasteiger partial charge is 0.346 e. The van der Waals surface area contributed by atoms with E-state index in [0.717, 1.165) is 53.3 Å². The fraction of sp³-hybridized carbons (Fsp3) is 0.500. The summed E-state index contributed by atoms with van der Waals surface area (Å²) in [6, 6.07) is 1.99. The van der Waals surface area contributed by atoms with Crippen molar-refractivity contribution in [3.8, 4) is 0 Å². The van der Waals surface area contributed by atoms with Gasteiger partial charge in [-0.25, -0.2) is 27.7 Å². The van der Waals surface area contributed by atoms with Gasteiger partial charge in [0.15, 0.2) is 0 Å². The number of fused-ring (bicyclic) bond motifs is 3. The predicted molar refractivity (Wildman–Crippen MR) is 99.4 cm³/mol. The van der Waals surface area contributed by atoms with E-state index >= 15 is 0 Å². The number of H-pyrrole nitrogens is 1. The lowest BCUT2D eigenvalue weighted by Gasteiger charge is -2.32. The van der Waals surface area contributed by atoms with Crippen LogP contribution in [0.25, 0.3) is 21.9 Å². The molecule has 1 atom stereocenters. The van der Waals surface area contributed by atoms with Gasteiger partial charge in [-0.05, 0) is 38.7 Å². The monoisotopic (exact) mass is 371 g/mol. The summed E-state index contributed by atoms with van der Waals surface area (Å²) in [6.45, 7) is 3.02. The molecular weight excluding hydrogens is 350 g/mol. The number of nitrogens with zero attached hydrogens (tertiary/aromatic N) is 4. The van der Waals surface area contributed by atoms with E-state index in [0.29, 0.717) is 18.9 Å². The van der Waals surface area contributed by atoms with Crippen molar-refractivity contribution in [3.63, 3.8) is 0 Å². The second-order valence-electron chi connectivity index (χ2n) is 7.36. The summed E-state index contributed by atoms with van der Waals surface area (Å²) < 4.78 is 27.1. The zero-order chi connectivity index (χ0) is 17.9. The van der Waals surface area contributed by atoms with E-state index in [4.69, 9.17) is 4.98 Å². The molecule has 3 aromatic rings. The van der Waals surface area contributed by atoms with Crippen molar-refractivity contribution in [2.24, 2.45) is 0 Å². The molecule has 136 valence electrons. The van der Waals surface area contributed by atoms with Crippen molar-refractivity contribution in [1.82, 2.24) is 24.2 Å². The minimum Gasteiger partial charge on any atom is -0.346 e. The number of aromatic amines is 1. The summed E-state index contributed by atoms with van der Waals surface area (Å²) in [7, 11) is -3.15. The number of nitrogens with one attached hydrogen (secondary N) is 1. The Balaban J connectivity index is 1.62. The van der Waals surface area contributed by atoms with Crippen LogP contribution in [0.2, 0.25) is 0 Å². The second-order valence-corrected chi connectivity index (χ2v) is 9.57. The Bertz CT molecular complexity index is 1100. The molecule has 2 fully saturated rings. The summed E-state index contributed by atoms with van der Waals surface area (Å²) in [5.41, 5.74) is 2.58. The number of piperidine rings is 1. The van der Waals surface area contributed by atoms with Crippen molar-refractivity contribution < 1.29 is 8.42 Å². The fourth-order valence-corrected chi connectivity index (χ4v) is 5.97. The quantitative estimate of drug-likeness (QED) is 0.764. The number of pyridine rings is 1. The molecule has 0 bridgehead atoms. The van der Waals surface area contributed by atoms with Crippen LogP contribution in [0, 0.1) is 6.92 Å². The highest BCUT2D eigenvalue weighted by Gasteiger charge is 2.42. The average Bonchev–Trinajstić information content (AvgIpc) is 3.39. The van der Waals surface area contributed by atoms with Gasteiger partial charge in [-0.3, -0.25) is 0 Å². The number of sulfonamides is 1. The molecule has 0 spiro atoms. The van der Waals surface area contributed by atoms with Gasteiger partial charge in [-0.2, -0.15) is 0 Å². The van der Waals surface area contributed by atoms with Crippen molar-refractivity contribution in [3.05, 3.63) is 30.0 Å². The van der Waals surface area contributed by atoms with Crippen LogP contribution >= 0.6 is 0 Å². The molecule has 1 aliphatic heterocycles. The summed E-state index contributed by atoms with van der Waals surface area (Å²) in [5.74, 6) is 0.785. The molecule has 1 N–H and O–H groups in total. The summed E-state index contributed by atoms with van der Waals surface area (Å²) >= 11 is 0. The zero-order valence-corrected chi connectivity index (χ0v) is 15.5. The minimum atomic E-state index is -3.15. The number of hydrogen-bond donors (Lipinski definition) is 1. The highest BCUT2D eigenvalue weighted by Crippen LogP contribution is 2.37. The van der Waals surface area contributed by atoms with E-state index in [-0.39, 0.29) is 11.2 Å². The molecule has 1 aliphatic carbocycles. The van der Waals surface area contributed by atoms with E-state index in [9.17, 15) is 8.42 Å². The first-order valence-corrected chi connectivity index (χ1v) is 10.6. The van der Waals surface area contributed by atoms with Crippen molar-refractivity contribution in [1.29, 1.82) is 0 Å². The maximum atomic E-state index is 12.7. The summed E-state index contributed by atoms with van der Waals surface area (Å²) in [4.78, 5) is 16.9. The van der Waals surface area contributed by atoms with Gasteiger partial charge >= 0.3 is 0 Å². The highest BCUT2D eigenvalue weighted by atomic mass is 32.2. The lowest BCUT2D eigenvalue weighted by Crippen LogP contribution is -2.41. The molecule has 0 radical (unpaired) electrons. The molecule has 5 rings (SSSR count). The van der Waals surface area contributed by atoms with Crippen LogP contribution < -0.4 is 0 Å². The van der Waals surface area contributed by atoms with Gasteiger partial charge in [-0.1, -0.05) is 0 Å². The molecule has 1 saturated carbocycles. The fourth-order valence-electron chi connectivity index (χ4n) is 4.05. The lowest BCUT2D eigenvalue weighted by atomic mass is 9.92. The SMILES string of the molecule is Cc1nc(C2CCCN(S(=O)(=O)C3CC3)C2)c2c(cnc3[nH]ccc32)n1. The molecule has 1 saturated heterocycles. The Hall–Kier alpha value is -2.06. The molecular formula is C18H21N5O2S. The normalized spacial score (nSPS) is 22.3. The first kappa shape index (κ1) is 16.1. The molecule has 1 unspecified atom stereocenters. The first-order chi connectivity index (χ1) is 12.5. The van der Waals surface area contributed by atoms with Gasteiger partial charge in [0, 0.05) is 36.0 Å². The Morgan fingerprint density at radius 3 is 2.88 bits per heavy atom. The van der Waals surface area contributed by atoms with Crippen LogP contribution in [0.5, 0.6) is 0 Å². The molecule has 2 aliphatic rings. The van der Waals surface area contributed by atoms with E-state index in [2.05, 4.69) is 15.0 Å². The van der Waals surface area contributed by atoms with Gasteiger partial charge in [0.1, 0.15) is 11.5 Å². The van der Waals surface area contributed by atoms with E-state index in [1.165, 1.54) is 0 Å². The van der Waals surface area contributed by atoms with Gasteiger partial charge < -0.3 is 4.98 Å². The Labute approximate surface area is 151 Å². The number of rotatable bonds is 3. The van der Waals surface area contributed by atoms with E-state index in [1.54, 1.807) is 10.5 Å². The molecule has 0 aromatic carbocycles. The third-order valence-corrected chi connectivity index (χ3v) is 7.83.